The number of hydrogen-bond donors (Lipinski definition) is 2. The normalized spacial score (nSPS) is 17.0. The van der Waals surface area contributed by atoms with E-state index in [1.165, 1.54) is 16.6 Å². The average molecular weight is 435 g/mol. The number of H-pyrrole nitrogens is 1. The summed E-state index contributed by atoms with van der Waals surface area (Å²) in [7, 11) is 0. The lowest BCUT2D eigenvalue weighted by Crippen LogP contribution is -2.38. The van der Waals surface area contributed by atoms with E-state index in [9.17, 15) is 4.79 Å². The monoisotopic (exact) mass is 434 g/mol. The van der Waals surface area contributed by atoms with E-state index in [4.69, 9.17) is 9.47 Å². The number of rotatable bonds is 6. The summed E-state index contributed by atoms with van der Waals surface area (Å²) in [6.45, 7) is 6.33. The van der Waals surface area contributed by atoms with Gasteiger partial charge < -0.3 is 29.6 Å². The van der Waals surface area contributed by atoms with Crippen LogP contribution in [0, 0.1) is 0 Å². The number of nitrogens with one attached hydrogen (secondary N) is 2. The Morgan fingerprint density at radius 3 is 2.44 bits per heavy atom. The molecule has 7 nitrogen and oxygen atoms in total. The number of carbonyl (C=O) groups is 1. The first-order chi connectivity index (χ1) is 15.8. The molecule has 168 valence electrons. The molecule has 2 N–H and O–H groups in total. The predicted molar refractivity (Wildman–Crippen MR) is 128 cm³/mol. The maximum atomic E-state index is 12.9. The summed E-state index contributed by atoms with van der Waals surface area (Å²) in [4.78, 5) is 20.8. The molecule has 0 saturated carbocycles. The minimum Gasteiger partial charge on any atom is -0.378 e. The molecular formula is C25H30N4O3. The lowest BCUT2D eigenvalue weighted by Gasteiger charge is -2.33. The molecule has 2 aliphatic rings. The number of amides is 1. The molecule has 0 aliphatic carbocycles. The Morgan fingerprint density at radius 1 is 0.938 bits per heavy atom. The van der Waals surface area contributed by atoms with Gasteiger partial charge in [-0.1, -0.05) is 18.2 Å². The van der Waals surface area contributed by atoms with Gasteiger partial charge in [0.2, 0.25) is 5.91 Å². The third-order valence-corrected chi connectivity index (χ3v) is 6.28. The van der Waals surface area contributed by atoms with Gasteiger partial charge in [-0.2, -0.15) is 0 Å². The standard InChI is InChI=1S/C25H30N4O3/c30-25(8-5-19-18-26-22-4-2-1-3-21(19)22)27-23-7-6-20(28-9-13-31-14-10-28)17-24(23)29-11-15-32-16-12-29/h1-4,6-7,17-18,26H,5,8-16H2,(H,27,30). The number of benzene rings is 2. The maximum absolute atomic E-state index is 12.9. The number of hydrogen-bond acceptors (Lipinski definition) is 5. The van der Waals surface area contributed by atoms with Crippen LogP contribution in [0.1, 0.15) is 12.0 Å². The second-order valence-electron chi connectivity index (χ2n) is 8.31. The predicted octanol–water partition coefficient (Wildman–Crippen LogP) is 3.41. The van der Waals surface area contributed by atoms with Gasteiger partial charge in [0.05, 0.1) is 37.8 Å². The Kier molecular flexibility index (Phi) is 6.27. The molecule has 2 saturated heterocycles. The summed E-state index contributed by atoms with van der Waals surface area (Å²) >= 11 is 0. The molecule has 0 unspecified atom stereocenters. The number of ether oxygens (including phenoxy) is 2. The van der Waals surface area contributed by atoms with E-state index >= 15 is 0 Å². The number of aromatic nitrogens is 1. The summed E-state index contributed by atoms with van der Waals surface area (Å²) in [5, 5.41) is 4.36. The zero-order chi connectivity index (χ0) is 21.8. The largest absolute Gasteiger partial charge is 0.378 e. The molecule has 0 radical (unpaired) electrons. The highest BCUT2D eigenvalue weighted by Gasteiger charge is 2.19. The van der Waals surface area contributed by atoms with E-state index in [-0.39, 0.29) is 5.91 Å². The maximum Gasteiger partial charge on any atom is 0.224 e. The molecule has 0 bridgehead atoms. The molecule has 1 aromatic heterocycles. The summed E-state index contributed by atoms with van der Waals surface area (Å²) in [5.74, 6) is 0.0314. The van der Waals surface area contributed by atoms with Gasteiger partial charge in [0.1, 0.15) is 0 Å². The van der Waals surface area contributed by atoms with Crippen LogP contribution in [0.25, 0.3) is 10.9 Å². The summed E-state index contributed by atoms with van der Waals surface area (Å²) < 4.78 is 11.0. The van der Waals surface area contributed by atoms with Crippen LogP contribution in [0.4, 0.5) is 17.1 Å². The molecule has 32 heavy (non-hydrogen) atoms. The number of aryl methyl sites for hydroxylation is 1. The van der Waals surface area contributed by atoms with Crippen LogP contribution >= 0.6 is 0 Å². The Bertz CT molecular complexity index is 1070. The van der Waals surface area contributed by atoms with E-state index < -0.39 is 0 Å². The van der Waals surface area contributed by atoms with Crippen molar-refractivity contribution >= 4 is 33.9 Å². The van der Waals surface area contributed by atoms with E-state index in [0.717, 1.165) is 56.3 Å². The Labute approximate surface area is 188 Å². The molecule has 5 rings (SSSR count). The molecule has 2 fully saturated rings. The number of fused-ring (bicyclic) bond motifs is 1. The minimum atomic E-state index is 0.0314. The molecule has 0 spiro atoms. The lowest BCUT2D eigenvalue weighted by atomic mass is 10.1. The van der Waals surface area contributed by atoms with Crippen LogP contribution in [0.3, 0.4) is 0 Å². The third kappa shape index (κ3) is 4.59. The van der Waals surface area contributed by atoms with Gasteiger partial charge in [0, 0.05) is 55.4 Å². The van der Waals surface area contributed by atoms with Crippen LogP contribution in [0.15, 0.2) is 48.7 Å². The topological polar surface area (TPSA) is 69.8 Å². The van der Waals surface area contributed by atoms with Crippen molar-refractivity contribution in [2.45, 2.75) is 12.8 Å². The van der Waals surface area contributed by atoms with Crippen molar-refractivity contribution in [3.63, 3.8) is 0 Å². The van der Waals surface area contributed by atoms with E-state index in [2.05, 4.69) is 44.4 Å². The zero-order valence-electron chi connectivity index (χ0n) is 18.3. The van der Waals surface area contributed by atoms with Crippen LogP contribution in [0.2, 0.25) is 0 Å². The Morgan fingerprint density at radius 2 is 1.66 bits per heavy atom. The third-order valence-electron chi connectivity index (χ3n) is 6.28. The van der Waals surface area contributed by atoms with Gasteiger partial charge >= 0.3 is 0 Å². The fourth-order valence-electron chi connectivity index (χ4n) is 4.51. The molecule has 3 heterocycles. The Hall–Kier alpha value is -3.03. The number of anilines is 3. The fraction of sp³-hybridized carbons (Fsp3) is 0.400. The highest BCUT2D eigenvalue weighted by atomic mass is 16.5. The van der Waals surface area contributed by atoms with Crippen LogP contribution < -0.4 is 15.1 Å². The van der Waals surface area contributed by atoms with Crippen molar-refractivity contribution in [2.75, 3.05) is 67.7 Å². The average Bonchev–Trinajstić information content (AvgIpc) is 3.27. The van der Waals surface area contributed by atoms with Gasteiger partial charge in [0.15, 0.2) is 0 Å². The van der Waals surface area contributed by atoms with Crippen molar-refractivity contribution in [3.8, 4) is 0 Å². The smallest absolute Gasteiger partial charge is 0.224 e. The Balaban J connectivity index is 1.31. The number of carbonyl (C=O) groups excluding carboxylic acids is 1. The van der Waals surface area contributed by atoms with Gasteiger partial charge in [-0.05, 0) is 36.2 Å². The van der Waals surface area contributed by atoms with Gasteiger partial charge in [-0.15, -0.1) is 0 Å². The van der Waals surface area contributed by atoms with Crippen LogP contribution in [0.5, 0.6) is 0 Å². The zero-order valence-corrected chi connectivity index (χ0v) is 18.3. The van der Waals surface area contributed by atoms with E-state index in [1.807, 2.05) is 24.4 Å². The van der Waals surface area contributed by atoms with Gasteiger partial charge in [-0.3, -0.25) is 4.79 Å². The van der Waals surface area contributed by atoms with Gasteiger partial charge in [0.25, 0.3) is 0 Å². The minimum absolute atomic E-state index is 0.0314. The SMILES string of the molecule is O=C(CCc1c[nH]c2ccccc12)Nc1ccc(N2CCOCC2)cc1N1CCOCC1. The van der Waals surface area contributed by atoms with E-state index in [1.54, 1.807) is 0 Å². The summed E-state index contributed by atoms with van der Waals surface area (Å²) in [5.41, 5.74) is 5.39. The molecule has 2 aliphatic heterocycles. The molecule has 0 atom stereocenters. The number of aromatic amines is 1. The van der Waals surface area contributed by atoms with Crippen molar-refractivity contribution < 1.29 is 14.3 Å². The highest BCUT2D eigenvalue weighted by Crippen LogP contribution is 2.32. The first-order valence-corrected chi connectivity index (χ1v) is 11.4. The number of nitrogens with zero attached hydrogens (tertiary/aromatic N) is 2. The van der Waals surface area contributed by atoms with Crippen molar-refractivity contribution in [1.29, 1.82) is 0 Å². The molecule has 3 aromatic rings. The van der Waals surface area contributed by atoms with Crippen molar-refractivity contribution in [3.05, 3.63) is 54.2 Å². The second kappa shape index (κ2) is 9.63. The second-order valence-corrected chi connectivity index (χ2v) is 8.31. The molecule has 7 heteroatoms. The molecular weight excluding hydrogens is 404 g/mol. The van der Waals surface area contributed by atoms with E-state index in [0.29, 0.717) is 26.1 Å². The van der Waals surface area contributed by atoms with Crippen molar-refractivity contribution in [1.82, 2.24) is 4.98 Å². The van der Waals surface area contributed by atoms with Crippen LogP contribution in [-0.2, 0) is 20.7 Å². The first-order valence-electron chi connectivity index (χ1n) is 11.4. The van der Waals surface area contributed by atoms with Crippen LogP contribution in [-0.4, -0.2) is 63.5 Å². The van der Waals surface area contributed by atoms with Crippen molar-refractivity contribution in [2.24, 2.45) is 0 Å². The molecule has 2 aromatic carbocycles. The number of para-hydroxylation sites is 1. The highest BCUT2D eigenvalue weighted by molar-refractivity contribution is 5.95. The fourth-order valence-corrected chi connectivity index (χ4v) is 4.51. The summed E-state index contributed by atoms with van der Waals surface area (Å²) in [6, 6.07) is 14.5. The quantitative estimate of drug-likeness (QED) is 0.622. The van der Waals surface area contributed by atoms with Gasteiger partial charge in [-0.25, -0.2) is 0 Å². The molecule has 1 amide bonds. The first kappa shape index (κ1) is 20.8. The summed E-state index contributed by atoms with van der Waals surface area (Å²) in [6.07, 6.45) is 3.15. The lowest BCUT2D eigenvalue weighted by molar-refractivity contribution is -0.116. The number of morpholine rings is 2.